The quantitative estimate of drug-likeness (QED) is 0.104. The maximum absolute atomic E-state index is 2.56. The van der Waals surface area contributed by atoms with E-state index in [9.17, 15) is 0 Å². The number of allylic oxidation sites excluding steroid dienone is 6. The van der Waals surface area contributed by atoms with E-state index in [1.165, 1.54) is 86.2 Å². The minimum atomic E-state index is 0.673. The third-order valence-electron chi connectivity index (χ3n) is 10.1. The van der Waals surface area contributed by atoms with Crippen LogP contribution >= 0.6 is 46.6 Å². The minimum absolute atomic E-state index is 0.673. The average molecular weight is 742 g/mol. The summed E-state index contributed by atoms with van der Waals surface area (Å²) in [6, 6.07) is 33.7. The van der Waals surface area contributed by atoms with Crippen LogP contribution in [0.1, 0.15) is 57.4 Å². The summed E-state index contributed by atoms with van der Waals surface area (Å²) in [5.41, 5.74) is 9.74. The molecular weight excluding hydrogens is 697 g/mol. The van der Waals surface area contributed by atoms with Crippen molar-refractivity contribution in [2.24, 2.45) is 5.92 Å². The summed E-state index contributed by atoms with van der Waals surface area (Å²) >= 11 is 7.52. The van der Waals surface area contributed by atoms with E-state index in [4.69, 9.17) is 0 Å². The molecule has 6 heteroatoms. The van der Waals surface area contributed by atoms with Crippen LogP contribution in [0, 0.1) is 5.92 Å². The van der Waals surface area contributed by atoms with E-state index in [0.717, 1.165) is 38.8 Å². The Bertz CT molecular complexity index is 2170. The van der Waals surface area contributed by atoms with Gasteiger partial charge in [-0.2, -0.15) is 4.57 Å². The Kier molecular flexibility index (Phi) is 10.6. The van der Waals surface area contributed by atoms with Crippen molar-refractivity contribution in [2.45, 2.75) is 78.5 Å². The molecule has 0 bridgehead atoms. The lowest BCUT2D eigenvalue weighted by Crippen LogP contribution is -2.34. The Morgan fingerprint density at radius 3 is 2.41 bits per heavy atom. The maximum atomic E-state index is 2.56. The summed E-state index contributed by atoms with van der Waals surface area (Å²) < 4.78 is 3.93. The van der Waals surface area contributed by atoms with Gasteiger partial charge in [0.05, 0.1) is 10.7 Å². The number of thiazole rings is 1. The zero-order chi connectivity index (χ0) is 34.7. The van der Waals surface area contributed by atoms with Gasteiger partial charge < -0.3 is 4.90 Å². The predicted octanol–water partition coefficient (Wildman–Crippen LogP) is 13.4. The monoisotopic (exact) mass is 741 g/mol. The smallest absolute Gasteiger partial charge is 0.263 e. The largest absolute Gasteiger partial charge is 0.335 e. The van der Waals surface area contributed by atoms with E-state index in [1.54, 1.807) is 11.8 Å². The van der Waals surface area contributed by atoms with Crippen LogP contribution in [-0.4, -0.2) is 12.8 Å². The summed E-state index contributed by atoms with van der Waals surface area (Å²) in [5.74, 6) is 0.673. The zero-order valence-electron chi connectivity index (χ0n) is 29.7. The summed E-state index contributed by atoms with van der Waals surface area (Å²) in [6.07, 6.45) is 19.2. The van der Waals surface area contributed by atoms with Crippen LogP contribution in [-0.2, 0) is 6.54 Å². The number of thioether (sulfide) groups is 2. The highest BCUT2D eigenvalue weighted by molar-refractivity contribution is 8.03. The van der Waals surface area contributed by atoms with Gasteiger partial charge in [0.1, 0.15) is 11.2 Å². The number of anilines is 1. The van der Waals surface area contributed by atoms with E-state index in [2.05, 4.69) is 145 Å². The number of nitrogens with zero attached hydrogens (tertiary/aromatic N) is 2. The van der Waals surface area contributed by atoms with Crippen molar-refractivity contribution in [3.63, 3.8) is 0 Å². The van der Waals surface area contributed by atoms with Crippen LogP contribution in [0.25, 0.3) is 27.4 Å². The van der Waals surface area contributed by atoms with E-state index in [1.807, 2.05) is 34.9 Å². The number of hydrogen-bond acceptors (Lipinski definition) is 5. The first kappa shape index (κ1) is 34.7. The lowest BCUT2D eigenvalue weighted by molar-refractivity contribution is -0.668. The molecule has 51 heavy (non-hydrogen) atoms. The molecule has 0 radical (unpaired) electrons. The van der Waals surface area contributed by atoms with E-state index in [0.29, 0.717) is 5.92 Å². The summed E-state index contributed by atoms with van der Waals surface area (Å²) in [6.45, 7) is 6.65. The number of hydrogen-bond donors (Lipinski definition) is 0. The molecule has 1 unspecified atom stereocenters. The fraction of sp³-hybridized carbons (Fsp3) is 0.267. The van der Waals surface area contributed by atoms with E-state index >= 15 is 0 Å². The normalized spacial score (nSPS) is 18.6. The third-order valence-corrected chi connectivity index (χ3v) is 14.1. The molecular formula is C45H45N2S4+. The molecule has 8 rings (SSSR count). The molecule has 4 aromatic carbocycles. The molecule has 0 saturated carbocycles. The molecule has 1 aromatic heterocycles. The van der Waals surface area contributed by atoms with Crippen molar-refractivity contribution in [3.8, 4) is 11.1 Å². The lowest BCUT2D eigenvalue weighted by Gasteiger charge is -2.28. The molecule has 3 aliphatic rings. The van der Waals surface area contributed by atoms with Crippen molar-refractivity contribution in [1.82, 2.24) is 0 Å². The molecule has 1 atom stereocenters. The van der Waals surface area contributed by atoms with Crippen LogP contribution < -0.4 is 9.47 Å². The maximum Gasteiger partial charge on any atom is 0.263 e. The summed E-state index contributed by atoms with van der Waals surface area (Å²) in [7, 11) is 0. The van der Waals surface area contributed by atoms with Crippen molar-refractivity contribution < 1.29 is 4.57 Å². The van der Waals surface area contributed by atoms with Crippen LogP contribution in [0.4, 0.5) is 5.69 Å². The van der Waals surface area contributed by atoms with E-state index < -0.39 is 0 Å². The molecule has 2 nitrogen and oxygen atoms in total. The van der Waals surface area contributed by atoms with Gasteiger partial charge in [-0.1, -0.05) is 97.3 Å². The Morgan fingerprint density at radius 1 is 0.804 bits per heavy atom. The topological polar surface area (TPSA) is 7.12 Å². The Hall–Kier alpha value is -3.42. The van der Waals surface area contributed by atoms with Gasteiger partial charge in [-0.25, -0.2) is 0 Å². The second-order valence-electron chi connectivity index (χ2n) is 13.6. The molecule has 0 saturated heterocycles. The highest BCUT2D eigenvalue weighted by Crippen LogP contribution is 2.49. The van der Waals surface area contributed by atoms with Crippen molar-refractivity contribution in [3.05, 3.63) is 136 Å². The number of aromatic nitrogens is 1. The molecule has 0 fully saturated rings. The molecule has 2 aliphatic carbocycles. The molecule has 2 heterocycles. The first-order valence-corrected chi connectivity index (χ1v) is 22.0. The Morgan fingerprint density at radius 2 is 1.61 bits per heavy atom. The van der Waals surface area contributed by atoms with Crippen molar-refractivity contribution >= 4 is 68.6 Å². The van der Waals surface area contributed by atoms with Crippen LogP contribution in [0.3, 0.4) is 0 Å². The molecule has 0 N–H and O–H groups in total. The number of benzene rings is 4. The number of rotatable bonds is 10. The Balaban J connectivity index is 1.07. The fourth-order valence-electron chi connectivity index (χ4n) is 7.51. The molecule has 0 spiro atoms. The Labute approximate surface area is 320 Å². The minimum Gasteiger partial charge on any atom is -0.335 e. The highest BCUT2D eigenvalue weighted by atomic mass is 32.2. The highest BCUT2D eigenvalue weighted by Gasteiger charge is 2.28. The SMILES string of the molecule is CCCN1C(=CC2=CC3=CC(=Cc4sc5ccc(-c6ccc(SC)cc6)cc5[n+]4CCC)CCC3CC2)Sc2ccc(Sc3ccccc3)cc21. The molecule has 5 aromatic rings. The molecule has 258 valence electrons. The van der Waals surface area contributed by atoms with E-state index in [-0.39, 0.29) is 0 Å². The van der Waals surface area contributed by atoms with Crippen LogP contribution in [0.2, 0.25) is 0 Å². The molecule has 1 aliphatic heterocycles. The van der Waals surface area contributed by atoms with Gasteiger partial charge in [-0.15, -0.1) is 11.8 Å². The van der Waals surface area contributed by atoms with Crippen LogP contribution in [0.5, 0.6) is 0 Å². The molecule has 0 amide bonds. The summed E-state index contributed by atoms with van der Waals surface area (Å²) in [4.78, 5) is 7.81. The average Bonchev–Trinajstić information content (AvgIpc) is 3.68. The standard InChI is InChI=1S/C45H45N2S4/c1-4-23-46-40-29-35(33-15-18-37(48-3)19-16-33)17-21-42(40)50-44(46)27-31-11-13-34-14-12-32(26-36(34)25-31)28-45-47(24-5-2)41-30-39(20-22-43(41)51-45)49-38-9-7-6-8-10-38/h6-10,15-22,25-30,34H,4-5,11-14,23-24H2,1-3H3/q+1. The van der Waals surface area contributed by atoms with Crippen molar-refractivity contribution in [2.75, 3.05) is 17.7 Å². The first-order chi connectivity index (χ1) is 25.1. The van der Waals surface area contributed by atoms with Gasteiger partial charge in [0, 0.05) is 44.7 Å². The van der Waals surface area contributed by atoms with Crippen LogP contribution in [0.15, 0.2) is 151 Å². The van der Waals surface area contributed by atoms with Gasteiger partial charge in [0.2, 0.25) is 5.52 Å². The third kappa shape index (κ3) is 7.57. The first-order valence-electron chi connectivity index (χ1n) is 18.4. The van der Waals surface area contributed by atoms with Gasteiger partial charge >= 0.3 is 0 Å². The van der Waals surface area contributed by atoms with Crippen molar-refractivity contribution in [1.29, 1.82) is 0 Å². The predicted molar refractivity (Wildman–Crippen MR) is 224 cm³/mol. The number of aryl methyl sites for hydroxylation is 1. The van der Waals surface area contributed by atoms with Gasteiger partial charge in [-0.05, 0) is 127 Å². The van der Waals surface area contributed by atoms with Gasteiger partial charge in [0.15, 0.2) is 0 Å². The zero-order valence-corrected chi connectivity index (χ0v) is 33.0. The summed E-state index contributed by atoms with van der Waals surface area (Å²) in [5, 5.41) is 2.74. The van der Waals surface area contributed by atoms with Gasteiger partial charge in [-0.3, -0.25) is 0 Å². The fourth-order valence-corrected chi connectivity index (χ4v) is 11.1. The van der Waals surface area contributed by atoms with Gasteiger partial charge in [0.25, 0.3) is 5.01 Å². The second kappa shape index (κ2) is 15.7. The second-order valence-corrected chi connectivity index (χ2v) is 17.8. The lowest BCUT2D eigenvalue weighted by atomic mass is 9.77. The number of fused-ring (bicyclic) bond motifs is 3.